The standard InChI is InChI=1S/C13H13BrINO5/c1-21-11(17)5-4-10(13(19)20)16-12(18)8-6-7(15)2-3-9(8)14/h2-3,6,10H,4-5H2,1H3,(H,16,18)(H,19,20)/t10-/m1/s1. The van der Waals surface area contributed by atoms with E-state index in [2.05, 4.69) is 48.6 Å². The number of nitrogens with one attached hydrogen (secondary N) is 1. The fraction of sp³-hybridized carbons (Fsp3) is 0.308. The van der Waals surface area contributed by atoms with Gasteiger partial charge in [0.15, 0.2) is 0 Å². The zero-order valence-electron chi connectivity index (χ0n) is 11.1. The van der Waals surface area contributed by atoms with Crippen molar-refractivity contribution < 1.29 is 24.2 Å². The van der Waals surface area contributed by atoms with E-state index in [1.807, 2.05) is 6.07 Å². The highest BCUT2D eigenvalue weighted by molar-refractivity contribution is 14.1. The summed E-state index contributed by atoms with van der Waals surface area (Å²) < 4.78 is 5.87. The van der Waals surface area contributed by atoms with Gasteiger partial charge < -0.3 is 15.2 Å². The van der Waals surface area contributed by atoms with E-state index in [9.17, 15) is 14.4 Å². The molecule has 0 radical (unpaired) electrons. The molecule has 0 aliphatic carbocycles. The average molecular weight is 470 g/mol. The molecule has 0 aliphatic rings. The molecule has 1 atom stereocenters. The zero-order chi connectivity index (χ0) is 16.0. The largest absolute Gasteiger partial charge is 0.480 e. The van der Waals surface area contributed by atoms with Crippen molar-refractivity contribution in [3.8, 4) is 0 Å². The molecule has 1 rings (SSSR count). The number of carbonyl (C=O) groups excluding carboxylic acids is 2. The van der Waals surface area contributed by atoms with E-state index in [1.54, 1.807) is 12.1 Å². The molecule has 0 aromatic heterocycles. The Balaban J connectivity index is 2.79. The molecule has 0 aliphatic heterocycles. The molecule has 6 nitrogen and oxygen atoms in total. The third kappa shape index (κ3) is 5.62. The number of rotatable bonds is 6. The van der Waals surface area contributed by atoms with Crippen molar-refractivity contribution in [3.63, 3.8) is 0 Å². The minimum atomic E-state index is -1.20. The Hall–Kier alpha value is -1.16. The summed E-state index contributed by atoms with van der Waals surface area (Å²) in [7, 11) is 1.22. The van der Waals surface area contributed by atoms with Gasteiger partial charge in [0, 0.05) is 14.5 Å². The minimum absolute atomic E-state index is 0.0324. The number of halogens is 2. The van der Waals surface area contributed by atoms with E-state index in [0.29, 0.717) is 10.0 Å². The second kappa shape index (κ2) is 8.32. The number of amides is 1. The average Bonchev–Trinajstić information content (AvgIpc) is 2.44. The second-order valence-corrected chi connectivity index (χ2v) is 6.20. The van der Waals surface area contributed by atoms with Crippen LogP contribution in [0.1, 0.15) is 23.2 Å². The summed E-state index contributed by atoms with van der Waals surface area (Å²) in [5, 5.41) is 11.5. The van der Waals surface area contributed by atoms with Gasteiger partial charge in [-0.1, -0.05) is 0 Å². The molecule has 114 valence electrons. The number of esters is 1. The van der Waals surface area contributed by atoms with Crippen molar-refractivity contribution in [1.82, 2.24) is 5.32 Å². The zero-order valence-corrected chi connectivity index (χ0v) is 14.8. The quantitative estimate of drug-likeness (QED) is 0.492. The van der Waals surface area contributed by atoms with Gasteiger partial charge in [-0.15, -0.1) is 0 Å². The van der Waals surface area contributed by atoms with Gasteiger partial charge in [0.05, 0.1) is 12.7 Å². The summed E-state index contributed by atoms with van der Waals surface area (Å²) in [6.07, 6.45) is -0.115. The Bertz CT molecular complexity index is 563. The third-order valence-corrected chi connectivity index (χ3v) is 4.00. The van der Waals surface area contributed by atoms with Crippen LogP contribution in [0.2, 0.25) is 0 Å². The van der Waals surface area contributed by atoms with Crippen LogP contribution in [0.5, 0.6) is 0 Å². The first-order valence-electron chi connectivity index (χ1n) is 5.90. The highest BCUT2D eigenvalue weighted by Gasteiger charge is 2.22. The molecule has 0 saturated carbocycles. The lowest BCUT2D eigenvalue weighted by Crippen LogP contribution is -2.41. The number of methoxy groups -OCH3 is 1. The molecule has 0 spiro atoms. The molecule has 0 unspecified atom stereocenters. The summed E-state index contributed by atoms with van der Waals surface area (Å²) in [4.78, 5) is 34.3. The fourth-order valence-corrected chi connectivity index (χ4v) is 2.45. The Morgan fingerprint density at radius 2 is 2.10 bits per heavy atom. The van der Waals surface area contributed by atoms with Crippen LogP contribution in [0.3, 0.4) is 0 Å². The van der Waals surface area contributed by atoms with E-state index >= 15 is 0 Å². The van der Waals surface area contributed by atoms with Gasteiger partial charge in [0.1, 0.15) is 6.04 Å². The molecule has 0 bridgehead atoms. The molecular weight excluding hydrogens is 457 g/mol. The van der Waals surface area contributed by atoms with E-state index in [0.717, 1.165) is 3.57 Å². The van der Waals surface area contributed by atoms with Crippen molar-refractivity contribution in [3.05, 3.63) is 31.8 Å². The minimum Gasteiger partial charge on any atom is -0.480 e. The Morgan fingerprint density at radius 3 is 2.67 bits per heavy atom. The van der Waals surface area contributed by atoms with E-state index in [1.165, 1.54) is 7.11 Å². The monoisotopic (exact) mass is 469 g/mol. The van der Waals surface area contributed by atoms with Crippen LogP contribution in [0.15, 0.2) is 22.7 Å². The van der Waals surface area contributed by atoms with Gasteiger partial charge in [-0.3, -0.25) is 9.59 Å². The number of carbonyl (C=O) groups is 3. The van der Waals surface area contributed by atoms with E-state index in [-0.39, 0.29) is 12.8 Å². The van der Waals surface area contributed by atoms with E-state index < -0.39 is 23.9 Å². The SMILES string of the molecule is COC(=O)CC[C@@H](NC(=O)c1cc(I)ccc1Br)C(=O)O. The van der Waals surface area contributed by atoms with Gasteiger partial charge in [0.2, 0.25) is 0 Å². The second-order valence-electron chi connectivity index (χ2n) is 4.10. The first-order chi connectivity index (χ1) is 9.85. The maximum absolute atomic E-state index is 12.1. The molecule has 0 fully saturated rings. The van der Waals surface area contributed by atoms with Gasteiger partial charge in [0.25, 0.3) is 5.91 Å². The Morgan fingerprint density at radius 1 is 1.43 bits per heavy atom. The molecule has 2 N–H and O–H groups in total. The molecule has 1 aromatic carbocycles. The Kier molecular flexibility index (Phi) is 7.09. The summed E-state index contributed by atoms with van der Waals surface area (Å²) >= 11 is 5.30. The van der Waals surface area contributed by atoms with Crippen LogP contribution in [-0.4, -0.2) is 36.1 Å². The number of aliphatic carboxylic acids is 1. The summed E-state index contributed by atoms with van der Waals surface area (Å²) in [5.74, 6) is -2.24. The predicted octanol–water partition coefficient (Wildman–Crippen LogP) is 2.19. The number of benzene rings is 1. The van der Waals surface area contributed by atoms with Crippen LogP contribution in [0.25, 0.3) is 0 Å². The fourth-order valence-electron chi connectivity index (χ4n) is 1.53. The number of hydrogen-bond donors (Lipinski definition) is 2. The van der Waals surface area contributed by atoms with Gasteiger partial charge in [-0.05, 0) is 63.1 Å². The van der Waals surface area contributed by atoms with Crippen LogP contribution >= 0.6 is 38.5 Å². The lowest BCUT2D eigenvalue weighted by atomic mass is 10.1. The third-order valence-electron chi connectivity index (χ3n) is 2.64. The van der Waals surface area contributed by atoms with Crippen LogP contribution in [-0.2, 0) is 14.3 Å². The van der Waals surface area contributed by atoms with Crippen molar-refractivity contribution in [2.24, 2.45) is 0 Å². The number of hydrogen-bond acceptors (Lipinski definition) is 4. The highest BCUT2D eigenvalue weighted by Crippen LogP contribution is 2.19. The van der Waals surface area contributed by atoms with Crippen molar-refractivity contribution >= 4 is 56.4 Å². The molecular formula is C13H13BrINO5. The maximum Gasteiger partial charge on any atom is 0.326 e. The van der Waals surface area contributed by atoms with Crippen LogP contribution in [0, 0.1) is 3.57 Å². The maximum atomic E-state index is 12.1. The van der Waals surface area contributed by atoms with Crippen molar-refractivity contribution in [2.75, 3.05) is 7.11 Å². The Labute approximate surface area is 143 Å². The summed E-state index contributed by atoms with van der Waals surface area (Å²) in [6.45, 7) is 0. The summed E-state index contributed by atoms with van der Waals surface area (Å²) in [5.41, 5.74) is 0.339. The van der Waals surface area contributed by atoms with Gasteiger partial charge >= 0.3 is 11.9 Å². The molecule has 0 heterocycles. The van der Waals surface area contributed by atoms with Crippen molar-refractivity contribution in [1.29, 1.82) is 0 Å². The smallest absolute Gasteiger partial charge is 0.326 e. The number of ether oxygens (including phenoxy) is 1. The molecule has 0 saturated heterocycles. The molecule has 1 amide bonds. The normalized spacial score (nSPS) is 11.6. The number of carboxylic acids is 1. The predicted molar refractivity (Wildman–Crippen MR) is 87.0 cm³/mol. The lowest BCUT2D eigenvalue weighted by molar-refractivity contribution is -0.142. The summed E-state index contributed by atoms with van der Waals surface area (Å²) in [6, 6.07) is 4.01. The van der Waals surface area contributed by atoms with Gasteiger partial charge in [-0.2, -0.15) is 0 Å². The van der Waals surface area contributed by atoms with Crippen LogP contribution < -0.4 is 5.32 Å². The first kappa shape index (κ1) is 17.9. The highest BCUT2D eigenvalue weighted by atomic mass is 127. The molecule has 8 heteroatoms. The molecule has 21 heavy (non-hydrogen) atoms. The first-order valence-corrected chi connectivity index (χ1v) is 7.78. The molecule has 1 aromatic rings. The van der Waals surface area contributed by atoms with Gasteiger partial charge in [-0.25, -0.2) is 4.79 Å². The lowest BCUT2D eigenvalue weighted by Gasteiger charge is -2.14. The topological polar surface area (TPSA) is 92.7 Å². The number of carboxylic acid groups (broad SMARTS) is 1. The van der Waals surface area contributed by atoms with Crippen LogP contribution in [0.4, 0.5) is 0 Å². The van der Waals surface area contributed by atoms with E-state index in [4.69, 9.17) is 5.11 Å². The van der Waals surface area contributed by atoms with Crippen molar-refractivity contribution in [2.45, 2.75) is 18.9 Å².